The molecule has 0 fully saturated rings. The molecule has 0 aliphatic carbocycles. The normalized spacial score (nSPS) is 10.3. The molecule has 6 nitrogen and oxygen atoms in total. The highest BCUT2D eigenvalue weighted by Gasteiger charge is 2.26. The number of benzene rings is 1. The van der Waals surface area contributed by atoms with E-state index >= 15 is 0 Å². The van der Waals surface area contributed by atoms with Gasteiger partial charge in [0.15, 0.2) is 5.11 Å². The maximum Gasteiger partial charge on any atom is 0.348 e. The zero-order valence-corrected chi connectivity index (χ0v) is 19.2. The van der Waals surface area contributed by atoms with E-state index in [0.717, 1.165) is 27.1 Å². The topological polar surface area (TPSA) is 76.7 Å². The van der Waals surface area contributed by atoms with E-state index in [1.165, 1.54) is 0 Å². The minimum Gasteiger partial charge on any atom is -0.462 e. The predicted molar refractivity (Wildman–Crippen MR) is 120 cm³/mol. The smallest absolute Gasteiger partial charge is 0.348 e. The molecule has 1 heterocycles. The summed E-state index contributed by atoms with van der Waals surface area (Å²) in [6.45, 7) is 7.59. The van der Waals surface area contributed by atoms with Crippen molar-refractivity contribution in [2.75, 3.05) is 23.8 Å². The highest BCUT2D eigenvalue weighted by atomic mass is 79.9. The summed E-state index contributed by atoms with van der Waals surface area (Å²) in [6, 6.07) is 5.81. The number of esters is 2. The molecule has 1 aromatic heterocycles. The number of aryl methyl sites for hydroxylation is 1. The number of nitrogens with one attached hydrogen (secondary N) is 2. The van der Waals surface area contributed by atoms with E-state index in [1.807, 2.05) is 25.1 Å². The molecule has 0 amide bonds. The molecule has 2 rings (SSSR count). The molecule has 0 atom stereocenters. The largest absolute Gasteiger partial charge is 0.462 e. The average molecular weight is 485 g/mol. The van der Waals surface area contributed by atoms with Crippen molar-refractivity contribution in [3.63, 3.8) is 0 Å². The van der Waals surface area contributed by atoms with Crippen molar-refractivity contribution in [2.45, 2.75) is 27.7 Å². The lowest BCUT2D eigenvalue weighted by molar-refractivity contribution is 0.0527. The number of hydrogen-bond acceptors (Lipinski definition) is 6. The SMILES string of the molecule is CCOC(=O)c1sc(NC(=S)Nc2ccc(C)cc2Br)c(C(=O)OCC)c1C. The molecular weight excluding hydrogens is 464 g/mol. The zero-order chi connectivity index (χ0) is 20.8. The number of rotatable bonds is 6. The lowest BCUT2D eigenvalue weighted by atomic mass is 10.1. The molecule has 1 aromatic carbocycles. The van der Waals surface area contributed by atoms with E-state index in [1.54, 1.807) is 20.8 Å². The molecule has 0 unspecified atom stereocenters. The average Bonchev–Trinajstić information content (AvgIpc) is 2.94. The predicted octanol–water partition coefficient (Wildman–Crippen LogP) is 5.29. The Morgan fingerprint density at radius 2 is 1.75 bits per heavy atom. The van der Waals surface area contributed by atoms with Gasteiger partial charge < -0.3 is 20.1 Å². The van der Waals surface area contributed by atoms with Gasteiger partial charge in [0.25, 0.3) is 0 Å². The summed E-state index contributed by atoms with van der Waals surface area (Å²) in [5.74, 6) is -1.00. The summed E-state index contributed by atoms with van der Waals surface area (Å²) in [5, 5.41) is 6.80. The second kappa shape index (κ2) is 9.99. The molecule has 150 valence electrons. The van der Waals surface area contributed by atoms with Crippen molar-refractivity contribution >= 4 is 67.2 Å². The van der Waals surface area contributed by atoms with E-state index < -0.39 is 11.9 Å². The van der Waals surface area contributed by atoms with Crippen LogP contribution in [-0.2, 0) is 9.47 Å². The van der Waals surface area contributed by atoms with Crippen LogP contribution in [0.25, 0.3) is 0 Å². The lowest BCUT2D eigenvalue weighted by Crippen LogP contribution is -2.20. The first kappa shape index (κ1) is 22.3. The van der Waals surface area contributed by atoms with Gasteiger partial charge in [-0.15, -0.1) is 11.3 Å². The second-order valence-corrected chi connectivity index (χ2v) is 8.05. The van der Waals surface area contributed by atoms with Gasteiger partial charge in [0.1, 0.15) is 9.88 Å². The number of thiocarbonyl (C=S) groups is 1. The van der Waals surface area contributed by atoms with Crippen LogP contribution in [0.2, 0.25) is 0 Å². The van der Waals surface area contributed by atoms with Gasteiger partial charge in [-0.2, -0.15) is 0 Å². The van der Waals surface area contributed by atoms with Gasteiger partial charge in [-0.25, -0.2) is 9.59 Å². The van der Waals surface area contributed by atoms with Crippen LogP contribution in [-0.4, -0.2) is 30.3 Å². The summed E-state index contributed by atoms with van der Waals surface area (Å²) in [4.78, 5) is 25.0. The number of anilines is 2. The van der Waals surface area contributed by atoms with Crippen molar-refractivity contribution in [3.8, 4) is 0 Å². The Bertz CT molecular complexity index is 912. The second-order valence-electron chi connectivity index (χ2n) is 5.76. The molecule has 0 bridgehead atoms. The van der Waals surface area contributed by atoms with Crippen molar-refractivity contribution in [3.05, 3.63) is 44.2 Å². The van der Waals surface area contributed by atoms with Gasteiger partial charge in [0.2, 0.25) is 0 Å². The van der Waals surface area contributed by atoms with Crippen molar-refractivity contribution in [1.82, 2.24) is 0 Å². The number of halogens is 1. The van der Waals surface area contributed by atoms with Crippen LogP contribution in [0.3, 0.4) is 0 Å². The third-order valence-corrected chi connectivity index (χ3v) is 5.73. The number of carbonyl (C=O) groups excluding carboxylic acids is 2. The maximum atomic E-state index is 12.4. The summed E-state index contributed by atoms with van der Waals surface area (Å²) in [7, 11) is 0. The Hall–Kier alpha value is -1.97. The fourth-order valence-corrected chi connectivity index (χ4v) is 4.38. The van der Waals surface area contributed by atoms with Gasteiger partial charge in [-0.3, -0.25) is 0 Å². The monoisotopic (exact) mass is 484 g/mol. The fraction of sp³-hybridized carbons (Fsp3) is 0.316. The molecule has 0 saturated carbocycles. The number of carbonyl (C=O) groups is 2. The lowest BCUT2D eigenvalue weighted by Gasteiger charge is -2.12. The molecule has 0 radical (unpaired) electrons. The maximum absolute atomic E-state index is 12.4. The Labute approximate surface area is 181 Å². The quantitative estimate of drug-likeness (QED) is 0.425. The first-order chi connectivity index (χ1) is 13.3. The minimum atomic E-state index is -0.520. The van der Waals surface area contributed by atoms with Crippen LogP contribution in [0, 0.1) is 13.8 Å². The molecule has 0 aliphatic heterocycles. The summed E-state index contributed by atoms with van der Waals surface area (Å²) in [6.07, 6.45) is 0. The Kier molecular flexibility index (Phi) is 7.97. The molecular formula is C19H21BrN2O4S2. The van der Waals surface area contributed by atoms with Crippen LogP contribution in [0.5, 0.6) is 0 Å². The molecule has 2 aromatic rings. The molecule has 0 aliphatic rings. The first-order valence-electron chi connectivity index (χ1n) is 8.60. The number of hydrogen-bond donors (Lipinski definition) is 2. The van der Waals surface area contributed by atoms with Gasteiger partial charge in [0, 0.05) is 4.47 Å². The number of ether oxygens (including phenoxy) is 2. The van der Waals surface area contributed by atoms with E-state index in [0.29, 0.717) is 15.4 Å². The van der Waals surface area contributed by atoms with Crippen LogP contribution >= 0.6 is 39.5 Å². The van der Waals surface area contributed by atoms with Gasteiger partial charge >= 0.3 is 11.9 Å². The van der Waals surface area contributed by atoms with Gasteiger partial charge in [-0.1, -0.05) is 6.07 Å². The van der Waals surface area contributed by atoms with Crippen molar-refractivity contribution < 1.29 is 19.1 Å². The minimum absolute atomic E-state index is 0.224. The van der Waals surface area contributed by atoms with Crippen LogP contribution in [0.1, 0.15) is 45.0 Å². The summed E-state index contributed by atoms with van der Waals surface area (Å²) in [5.41, 5.74) is 2.67. The highest BCUT2D eigenvalue weighted by Crippen LogP contribution is 2.34. The van der Waals surface area contributed by atoms with Crippen LogP contribution < -0.4 is 10.6 Å². The Balaban J connectivity index is 2.31. The van der Waals surface area contributed by atoms with Crippen LogP contribution in [0.4, 0.5) is 10.7 Å². The van der Waals surface area contributed by atoms with Gasteiger partial charge in [-0.05, 0) is 79.1 Å². The first-order valence-corrected chi connectivity index (χ1v) is 10.6. The Morgan fingerprint density at radius 1 is 1.11 bits per heavy atom. The number of thiophene rings is 1. The van der Waals surface area contributed by atoms with E-state index in [4.69, 9.17) is 21.7 Å². The van der Waals surface area contributed by atoms with Crippen molar-refractivity contribution in [2.24, 2.45) is 0 Å². The molecule has 0 saturated heterocycles. The van der Waals surface area contributed by atoms with E-state index in [9.17, 15) is 9.59 Å². The molecule has 0 spiro atoms. The van der Waals surface area contributed by atoms with E-state index in [2.05, 4.69) is 26.6 Å². The summed E-state index contributed by atoms with van der Waals surface area (Å²) < 4.78 is 11.1. The third-order valence-electron chi connectivity index (χ3n) is 3.69. The summed E-state index contributed by atoms with van der Waals surface area (Å²) >= 11 is 9.98. The van der Waals surface area contributed by atoms with Gasteiger partial charge in [0.05, 0.1) is 24.5 Å². The molecule has 2 N–H and O–H groups in total. The van der Waals surface area contributed by atoms with Crippen molar-refractivity contribution in [1.29, 1.82) is 0 Å². The fourth-order valence-electron chi connectivity index (χ4n) is 2.42. The standard InChI is InChI=1S/C19H21BrN2O4S2/c1-5-25-17(23)14-11(4)15(18(24)26-6-2)28-16(14)22-19(27)21-13-8-7-10(3)9-12(13)20/h7-9H,5-6H2,1-4H3,(H2,21,22,27). The van der Waals surface area contributed by atoms with Crippen LogP contribution in [0.15, 0.2) is 22.7 Å². The highest BCUT2D eigenvalue weighted by molar-refractivity contribution is 9.10. The van der Waals surface area contributed by atoms with E-state index in [-0.39, 0.29) is 23.9 Å². The molecule has 28 heavy (non-hydrogen) atoms. The zero-order valence-electron chi connectivity index (χ0n) is 16.0. The third kappa shape index (κ3) is 5.30. The Morgan fingerprint density at radius 3 is 2.36 bits per heavy atom. The molecule has 9 heteroatoms.